The molecule has 2 heteroatoms. The maximum Gasteiger partial charge on any atom is 0.123 e. The summed E-state index contributed by atoms with van der Waals surface area (Å²) in [4.78, 5) is 0. The summed E-state index contributed by atoms with van der Waals surface area (Å²) in [5, 5.41) is 9.88. The molecule has 1 N–H and O–H groups in total. The third-order valence-corrected chi connectivity index (χ3v) is 2.44. The van der Waals surface area contributed by atoms with Gasteiger partial charge in [0, 0.05) is 0 Å². The molecular formula is C13H17FO. The molecule has 0 saturated carbocycles. The first-order chi connectivity index (χ1) is 7.00. The predicted octanol–water partition coefficient (Wildman–Crippen LogP) is 3.52. The Morgan fingerprint density at radius 3 is 2.73 bits per heavy atom. The zero-order valence-electron chi connectivity index (χ0n) is 9.26. The van der Waals surface area contributed by atoms with Crippen molar-refractivity contribution in [1.82, 2.24) is 0 Å². The minimum atomic E-state index is -0.526. The van der Waals surface area contributed by atoms with Crippen molar-refractivity contribution in [3.63, 3.8) is 0 Å². The Hall–Kier alpha value is -1.15. The van der Waals surface area contributed by atoms with E-state index in [1.54, 1.807) is 6.07 Å². The lowest BCUT2D eigenvalue weighted by Crippen LogP contribution is -2.00. The molecule has 0 heterocycles. The Bertz CT molecular complexity index is 358. The highest BCUT2D eigenvalue weighted by molar-refractivity contribution is 5.28. The van der Waals surface area contributed by atoms with Crippen molar-refractivity contribution in [2.75, 3.05) is 0 Å². The van der Waals surface area contributed by atoms with Gasteiger partial charge in [0.15, 0.2) is 0 Å². The van der Waals surface area contributed by atoms with Crippen LogP contribution in [0.4, 0.5) is 4.39 Å². The van der Waals surface area contributed by atoms with E-state index in [1.807, 2.05) is 13.8 Å². The largest absolute Gasteiger partial charge is 0.388 e. The lowest BCUT2D eigenvalue weighted by atomic mass is 9.98. The Morgan fingerprint density at radius 2 is 2.20 bits per heavy atom. The summed E-state index contributed by atoms with van der Waals surface area (Å²) in [6.45, 7) is 7.53. The molecule has 0 bridgehead atoms. The van der Waals surface area contributed by atoms with Crippen LogP contribution >= 0.6 is 0 Å². The number of rotatable bonds is 4. The fourth-order valence-corrected chi connectivity index (χ4v) is 1.55. The van der Waals surface area contributed by atoms with Crippen molar-refractivity contribution in [2.24, 2.45) is 0 Å². The van der Waals surface area contributed by atoms with Crippen molar-refractivity contribution < 1.29 is 9.50 Å². The van der Waals surface area contributed by atoms with Crippen LogP contribution in [0.2, 0.25) is 0 Å². The van der Waals surface area contributed by atoms with Crippen LogP contribution < -0.4 is 0 Å². The maximum absolute atomic E-state index is 12.8. The molecule has 1 aromatic carbocycles. The second-order valence-corrected chi connectivity index (χ2v) is 4.01. The standard InChI is InChI=1S/C13H17FO/c1-9(2)4-7-13(15)12-6-5-11(14)8-10(12)3/h5-6,8,13,15H,1,4,7H2,2-3H3. The molecule has 1 aromatic rings. The lowest BCUT2D eigenvalue weighted by molar-refractivity contribution is 0.167. The van der Waals surface area contributed by atoms with Crippen LogP contribution in [0.15, 0.2) is 30.4 Å². The fraction of sp³-hybridized carbons (Fsp3) is 0.385. The molecule has 0 fully saturated rings. The van der Waals surface area contributed by atoms with Gasteiger partial charge in [-0.05, 0) is 49.9 Å². The second kappa shape index (κ2) is 5.08. The van der Waals surface area contributed by atoms with Gasteiger partial charge in [-0.25, -0.2) is 4.39 Å². The van der Waals surface area contributed by atoms with E-state index in [2.05, 4.69) is 6.58 Å². The Labute approximate surface area is 90.3 Å². The highest BCUT2D eigenvalue weighted by Crippen LogP contribution is 2.23. The van der Waals surface area contributed by atoms with Crippen LogP contribution in [-0.2, 0) is 0 Å². The third-order valence-electron chi connectivity index (χ3n) is 2.44. The van der Waals surface area contributed by atoms with Gasteiger partial charge in [0.1, 0.15) is 5.82 Å². The van der Waals surface area contributed by atoms with Gasteiger partial charge in [-0.15, -0.1) is 6.58 Å². The van der Waals surface area contributed by atoms with Crippen LogP contribution in [0.25, 0.3) is 0 Å². The first-order valence-electron chi connectivity index (χ1n) is 5.09. The second-order valence-electron chi connectivity index (χ2n) is 4.01. The summed E-state index contributed by atoms with van der Waals surface area (Å²) < 4.78 is 12.8. The molecule has 1 unspecified atom stereocenters. The Kier molecular flexibility index (Phi) is 4.04. The average molecular weight is 208 g/mol. The fourth-order valence-electron chi connectivity index (χ4n) is 1.55. The molecule has 1 atom stereocenters. The summed E-state index contributed by atoms with van der Waals surface area (Å²) in [5.41, 5.74) is 2.65. The summed E-state index contributed by atoms with van der Waals surface area (Å²) >= 11 is 0. The molecule has 0 aliphatic rings. The van der Waals surface area contributed by atoms with Crippen molar-refractivity contribution in [3.8, 4) is 0 Å². The summed E-state index contributed by atoms with van der Waals surface area (Å²) in [5.74, 6) is -0.261. The van der Waals surface area contributed by atoms with Crippen molar-refractivity contribution in [2.45, 2.75) is 32.8 Å². The van der Waals surface area contributed by atoms with Crippen molar-refractivity contribution >= 4 is 0 Å². The summed E-state index contributed by atoms with van der Waals surface area (Å²) in [6.07, 6.45) is 0.905. The lowest BCUT2D eigenvalue weighted by Gasteiger charge is -2.13. The van der Waals surface area contributed by atoms with Crippen LogP contribution in [-0.4, -0.2) is 5.11 Å². The van der Waals surface area contributed by atoms with Crippen LogP contribution in [0, 0.1) is 12.7 Å². The molecule has 0 radical (unpaired) electrons. The van der Waals surface area contributed by atoms with Crippen LogP contribution in [0.1, 0.15) is 37.0 Å². The molecule has 0 saturated heterocycles. The normalized spacial score (nSPS) is 12.5. The smallest absolute Gasteiger partial charge is 0.123 e. The monoisotopic (exact) mass is 208 g/mol. The minimum absolute atomic E-state index is 0.261. The molecular weight excluding hydrogens is 191 g/mol. The highest BCUT2D eigenvalue weighted by Gasteiger charge is 2.10. The van der Waals surface area contributed by atoms with E-state index in [4.69, 9.17) is 0 Å². The van der Waals surface area contributed by atoms with Gasteiger partial charge in [-0.3, -0.25) is 0 Å². The third kappa shape index (κ3) is 3.48. The number of aryl methyl sites for hydroxylation is 1. The van der Waals surface area contributed by atoms with E-state index < -0.39 is 6.10 Å². The quantitative estimate of drug-likeness (QED) is 0.750. The number of benzene rings is 1. The number of aliphatic hydroxyl groups is 1. The van der Waals surface area contributed by atoms with Gasteiger partial charge in [0.2, 0.25) is 0 Å². The number of halogens is 1. The summed E-state index contributed by atoms with van der Waals surface area (Å²) in [6, 6.07) is 4.47. The number of allylic oxidation sites excluding steroid dienone is 1. The molecule has 1 rings (SSSR count). The molecule has 0 aliphatic carbocycles. The van der Waals surface area contributed by atoms with E-state index in [0.717, 1.165) is 23.1 Å². The van der Waals surface area contributed by atoms with E-state index in [9.17, 15) is 9.50 Å². The summed E-state index contributed by atoms with van der Waals surface area (Å²) in [7, 11) is 0. The molecule has 0 spiro atoms. The van der Waals surface area contributed by atoms with Gasteiger partial charge < -0.3 is 5.11 Å². The number of hydrogen-bond donors (Lipinski definition) is 1. The maximum atomic E-state index is 12.8. The zero-order chi connectivity index (χ0) is 11.4. The Balaban J connectivity index is 2.73. The van der Waals surface area contributed by atoms with Gasteiger partial charge in [0.05, 0.1) is 6.10 Å². The van der Waals surface area contributed by atoms with E-state index in [0.29, 0.717) is 6.42 Å². The van der Waals surface area contributed by atoms with E-state index >= 15 is 0 Å². The van der Waals surface area contributed by atoms with Crippen LogP contribution in [0.5, 0.6) is 0 Å². The molecule has 1 nitrogen and oxygen atoms in total. The molecule has 82 valence electrons. The number of aliphatic hydroxyl groups excluding tert-OH is 1. The van der Waals surface area contributed by atoms with Gasteiger partial charge >= 0.3 is 0 Å². The molecule has 0 aromatic heterocycles. The van der Waals surface area contributed by atoms with Crippen molar-refractivity contribution in [1.29, 1.82) is 0 Å². The predicted molar refractivity (Wildman–Crippen MR) is 60.1 cm³/mol. The minimum Gasteiger partial charge on any atom is -0.388 e. The highest BCUT2D eigenvalue weighted by atomic mass is 19.1. The van der Waals surface area contributed by atoms with Gasteiger partial charge in [0.25, 0.3) is 0 Å². The molecule has 15 heavy (non-hydrogen) atoms. The first-order valence-corrected chi connectivity index (χ1v) is 5.09. The molecule has 0 aliphatic heterocycles. The topological polar surface area (TPSA) is 20.2 Å². The average Bonchev–Trinajstić information content (AvgIpc) is 2.14. The van der Waals surface area contributed by atoms with E-state index in [-0.39, 0.29) is 5.82 Å². The molecule has 0 amide bonds. The van der Waals surface area contributed by atoms with E-state index in [1.165, 1.54) is 12.1 Å². The van der Waals surface area contributed by atoms with Crippen LogP contribution in [0.3, 0.4) is 0 Å². The zero-order valence-corrected chi connectivity index (χ0v) is 9.26. The Morgan fingerprint density at radius 1 is 1.53 bits per heavy atom. The van der Waals surface area contributed by atoms with Crippen molar-refractivity contribution in [3.05, 3.63) is 47.3 Å². The van der Waals surface area contributed by atoms with Gasteiger partial charge in [-0.2, -0.15) is 0 Å². The first kappa shape index (κ1) is 11.9. The SMILES string of the molecule is C=C(C)CCC(O)c1ccc(F)cc1C. The van der Waals surface area contributed by atoms with Gasteiger partial charge in [-0.1, -0.05) is 11.6 Å². The number of hydrogen-bond acceptors (Lipinski definition) is 1.